The van der Waals surface area contributed by atoms with Gasteiger partial charge in [-0.3, -0.25) is 14.9 Å². The molecule has 8 nitrogen and oxygen atoms in total. The quantitative estimate of drug-likeness (QED) is 0.361. The van der Waals surface area contributed by atoms with Crippen LogP contribution < -0.4 is 14.8 Å². The van der Waals surface area contributed by atoms with Crippen LogP contribution in [0.5, 0.6) is 11.5 Å². The van der Waals surface area contributed by atoms with Gasteiger partial charge in [0.1, 0.15) is 23.2 Å². The number of anilines is 1. The number of nitriles is 1. The van der Waals surface area contributed by atoms with Gasteiger partial charge < -0.3 is 14.8 Å². The van der Waals surface area contributed by atoms with E-state index in [-0.39, 0.29) is 28.4 Å². The van der Waals surface area contributed by atoms with Crippen LogP contribution in [0.3, 0.4) is 0 Å². The number of carbonyl (C=O) groups excluding carboxylic acids is 1. The van der Waals surface area contributed by atoms with Gasteiger partial charge in [0.25, 0.3) is 5.91 Å². The first-order chi connectivity index (χ1) is 12.9. The van der Waals surface area contributed by atoms with Crippen molar-refractivity contribution in [2.45, 2.75) is 0 Å². The van der Waals surface area contributed by atoms with Gasteiger partial charge >= 0.3 is 5.69 Å². The predicted molar refractivity (Wildman–Crippen MR) is 94.8 cm³/mol. The normalized spacial score (nSPS) is 10.7. The molecule has 2 aromatic rings. The van der Waals surface area contributed by atoms with Gasteiger partial charge in [0, 0.05) is 17.7 Å². The molecule has 2 rings (SSSR count). The van der Waals surface area contributed by atoms with E-state index in [1.54, 1.807) is 6.07 Å². The van der Waals surface area contributed by atoms with Crippen molar-refractivity contribution in [3.05, 3.63) is 63.5 Å². The first kappa shape index (κ1) is 19.4. The van der Waals surface area contributed by atoms with Crippen molar-refractivity contribution in [2.24, 2.45) is 0 Å². The Morgan fingerprint density at radius 3 is 2.48 bits per heavy atom. The highest BCUT2D eigenvalue weighted by molar-refractivity contribution is 6.10. The average molecular weight is 371 g/mol. The summed E-state index contributed by atoms with van der Waals surface area (Å²) < 4.78 is 23.7. The van der Waals surface area contributed by atoms with Gasteiger partial charge in [0.05, 0.1) is 24.8 Å². The molecule has 0 saturated heterocycles. The van der Waals surface area contributed by atoms with Gasteiger partial charge in [-0.1, -0.05) is 12.1 Å². The van der Waals surface area contributed by atoms with E-state index in [4.69, 9.17) is 9.47 Å². The van der Waals surface area contributed by atoms with Gasteiger partial charge in [-0.05, 0) is 18.2 Å². The maximum atomic E-state index is 13.7. The minimum Gasteiger partial charge on any atom is -0.496 e. The standard InChI is InChI=1S/C18H14FN3O5/c1-26-16-9-17(27-2)15(22(24)25)8-11(16)7-12(10-20)18(23)21-14-6-4-3-5-13(14)19/h3-9H,1-2H3,(H,21,23)/b12-7-. The summed E-state index contributed by atoms with van der Waals surface area (Å²) in [6.45, 7) is 0. The number of benzene rings is 2. The number of methoxy groups -OCH3 is 2. The molecule has 0 bridgehead atoms. The molecule has 0 unspecified atom stereocenters. The number of para-hydroxylation sites is 1. The monoisotopic (exact) mass is 371 g/mol. The molecule has 0 aliphatic heterocycles. The largest absolute Gasteiger partial charge is 0.496 e. The summed E-state index contributed by atoms with van der Waals surface area (Å²) in [6, 6.07) is 9.53. The van der Waals surface area contributed by atoms with E-state index in [1.165, 1.54) is 38.5 Å². The number of nitrogens with one attached hydrogen (secondary N) is 1. The molecule has 1 amide bonds. The van der Waals surface area contributed by atoms with Gasteiger partial charge in [-0.2, -0.15) is 5.26 Å². The summed E-state index contributed by atoms with van der Waals surface area (Å²) in [6.07, 6.45) is 1.11. The fourth-order valence-electron chi connectivity index (χ4n) is 2.22. The van der Waals surface area contributed by atoms with E-state index in [0.29, 0.717) is 0 Å². The molecule has 0 aromatic heterocycles. The van der Waals surface area contributed by atoms with E-state index < -0.39 is 22.2 Å². The van der Waals surface area contributed by atoms with Crippen LogP contribution in [0.2, 0.25) is 0 Å². The highest BCUT2D eigenvalue weighted by atomic mass is 19.1. The zero-order chi connectivity index (χ0) is 20.0. The zero-order valence-electron chi connectivity index (χ0n) is 14.4. The lowest BCUT2D eigenvalue weighted by atomic mass is 10.1. The number of nitrogens with zero attached hydrogens (tertiary/aromatic N) is 2. The second kappa shape index (κ2) is 8.44. The predicted octanol–water partition coefficient (Wildman–Crippen LogP) is 3.30. The van der Waals surface area contributed by atoms with E-state index in [1.807, 2.05) is 0 Å². The molecule has 138 valence electrons. The highest BCUT2D eigenvalue weighted by Gasteiger charge is 2.20. The summed E-state index contributed by atoms with van der Waals surface area (Å²) >= 11 is 0. The fourth-order valence-corrected chi connectivity index (χ4v) is 2.22. The summed E-state index contributed by atoms with van der Waals surface area (Å²) in [7, 11) is 2.59. The van der Waals surface area contributed by atoms with Crippen LogP contribution in [0, 0.1) is 27.3 Å². The van der Waals surface area contributed by atoms with Crippen LogP contribution in [-0.4, -0.2) is 25.1 Å². The van der Waals surface area contributed by atoms with Crippen LogP contribution in [0.15, 0.2) is 42.0 Å². The molecular weight excluding hydrogens is 357 g/mol. The number of hydrogen-bond acceptors (Lipinski definition) is 6. The van der Waals surface area contributed by atoms with Crippen molar-refractivity contribution in [2.75, 3.05) is 19.5 Å². The Bertz CT molecular complexity index is 966. The lowest BCUT2D eigenvalue weighted by Crippen LogP contribution is -2.14. The Balaban J connectivity index is 2.46. The summed E-state index contributed by atoms with van der Waals surface area (Å²) in [5.41, 5.74) is -0.742. The number of amides is 1. The maximum absolute atomic E-state index is 13.7. The Morgan fingerprint density at radius 1 is 1.26 bits per heavy atom. The molecule has 0 fully saturated rings. The Labute approximate surface area is 153 Å². The third kappa shape index (κ3) is 4.38. The van der Waals surface area contributed by atoms with Gasteiger partial charge in [0.15, 0.2) is 0 Å². The molecule has 1 N–H and O–H groups in total. The molecule has 0 heterocycles. The van der Waals surface area contributed by atoms with E-state index in [2.05, 4.69) is 5.32 Å². The lowest BCUT2D eigenvalue weighted by molar-refractivity contribution is -0.385. The van der Waals surface area contributed by atoms with Crippen LogP contribution in [0.4, 0.5) is 15.8 Å². The van der Waals surface area contributed by atoms with Gasteiger partial charge in [0.2, 0.25) is 5.75 Å². The molecule has 0 atom stereocenters. The zero-order valence-corrected chi connectivity index (χ0v) is 14.4. The van der Waals surface area contributed by atoms with Crippen LogP contribution in [0.25, 0.3) is 6.08 Å². The number of nitro groups is 1. The summed E-state index contributed by atoms with van der Waals surface area (Å²) in [5.74, 6) is -1.42. The van der Waals surface area contributed by atoms with E-state index in [9.17, 15) is 24.6 Å². The van der Waals surface area contributed by atoms with E-state index in [0.717, 1.165) is 18.2 Å². The minimum atomic E-state index is -0.872. The lowest BCUT2D eigenvalue weighted by Gasteiger charge is -2.09. The molecule has 0 aliphatic carbocycles. The number of ether oxygens (including phenoxy) is 2. The van der Waals surface area contributed by atoms with Crippen molar-refractivity contribution in [3.8, 4) is 17.6 Å². The van der Waals surface area contributed by atoms with E-state index >= 15 is 0 Å². The summed E-state index contributed by atoms with van der Waals surface area (Å²) in [4.78, 5) is 22.8. The number of hydrogen-bond donors (Lipinski definition) is 1. The fraction of sp³-hybridized carbons (Fsp3) is 0.111. The number of rotatable bonds is 6. The average Bonchev–Trinajstić information content (AvgIpc) is 2.66. The van der Waals surface area contributed by atoms with Crippen LogP contribution in [0.1, 0.15) is 5.56 Å². The number of nitro benzene ring substituents is 1. The second-order valence-corrected chi connectivity index (χ2v) is 5.13. The number of carbonyl (C=O) groups is 1. The SMILES string of the molecule is COc1cc(OC)c([N+](=O)[O-])cc1/C=C(/C#N)C(=O)Nc1ccccc1F. The van der Waals surface area contributed by atoms with Crippen molar-refractivity contribution >= 4 is 23.4 Å². The van der Waals surface area contributed by atoms with Crippen molar-refractivity contribution in [3.63, 3.8) is 0 Å². The van der Waals surface area contributed by atoms with Crippen LogP contribution in [-0.2, 0) is 4.79 Å². The smallest absolute Gasteiger partial charge is 0.311 e. The van der Waals surface area contributed by atoms with Crippen molar-refractivity contribution < 1.29 is 23.6 Å². The molecule has 0 aliphatic rings. The van der Waals surface area contributed by atoms with Crippen LogP contribution >= 0.6 is 0 Å². The number of halogens is 1. The highest BCUT2D eigenvalue weighted by Crippen LogP contribution is 2.35. The molecule has 2 aromatic carbocycles. The maximum Gasteiger partial charge on any atom is 0.311 e. The Kier molecular flexibility index (Phi) is 6.06. The first-order valence-corrected chi connectivity index (χ1v) is 7.49. The third-order valence-corrected chi connectivity index (χ3v) is 3.51. The second-order valence-electron chi connectivity index (χ2n) is 5.13. The van der Waals surface area contributed by atoms with Gasteiger partial charge in [-0.15, -0.1) is 0 Å². The summed E-state index contributed by atoms with van der Waals surface area (Å²) in [5, 5.41) is 22.7. The topological polar surface area (TPSA) is 114 Å². The van der Waals surface area contributed by atoms with Crippen molar-refractivity contribution in [1.82, 2.24) is 0 Å². The molecule has 0 spiro atoms. The molecule has 9 heteroatoms. The molecule has 0 saturated carbocycles. The molecule has 0 radical (unpaired) electrons. The molecular formula is C18H14FN3O5. The van der Waals surface area contributed by atoms with Crippen molar-refractivity contribution in [1.29, 1.82) is 5.26 Å². The third-order valence-electron chi connectivity index (χ3n) is 3.51. The Hall–Kier alpha value is -3.93. The van der Waals surface area contributed by atoms with Gasteiger partial charge in [-0.25, -0.2) is 4.39 Å². The Morgan fingerprint density at radius 2 is 1.93 bits per heavy atom. The minimum absolute atomic E-state index is 0.0386. The first-order valence-electron chi connectivity index (χ1n) is 7.49. The molecule has 27 heavy (non-hydrogen) atoms.